The Morgan fingerprint density at radius 1 is 0.929 bits per heavy atom. The molecule has 0 aromatic carbocycles. The average molecular weight is 194 g/mol. The molecule has 4 fully saturated rings. The highest BCUT2D eigenvalue weighted by Crippen LogP contribution is 2.48. The van der Waals surface area contributed by atoms with Gasteiger partial charge in [0.25, 0.3) is 0 Å². The van der Waals surface area contributed by atoms with E-state index in [-0.39, 0.29) is 18.2 Å². The SMILES string of the molecule is O=C1CC(=O)N2C(=O)N1C21CCCC1. The number of carbonyl (C=O) groups is 3. The van der Waals surface area contributed by atoms with E-state index in [0.29, 0.717) is 0 Å². The molecule has 14 heavy (non-hydrogen) atoms. The topological polar surface area (TPSA) is 57.7 Å². The lowest BCUT2D eigenvalue weighted by molar-refractivity contribution is -0.179. The molecule has 0 unspecified atom stereocenters. The Hall–Kier alpha value is -1.39. The normalized spacial score (nSPS) is 28.7. The molecule has 3 heterocycles. The number of amides is 4. The molecule has 4 aliphatic rings. The lowest BCUT2D eigenvalue weighted by atomic mass is 9.93. The number of barbiturate groups is 1. The zero-order valence-corrected chi connectivity index (χ0v) is 7.65. The van der Waals surface area contributed by atoms with Crippen molar-refractivity contribution < 1.29 is 14.4 Å². The number of rotatable bonds is 0. The van der Waals surface area contributed by atoms with E-state index in [1.807, 2.05) is 0 Å². The van der Waals surface area contributed by atoms with Crippen LogP contribution >= 0.6 is 0 Å². The predicted octanol–water partition coefficient (Wildman–Crippen LogP) is 0.451. The molecule has 74 valence electrons. The van der Waals surface area contributed by atoms with Crippen molar-refractivity contribution in [2.24, 2.45) is 0 Å². The van der Waals surface area contributed by atoms with Crippen molar-refractivity contribution in [1.29, 1.82) is 0 Å². The summed E-state index contributed by atoms with van der Waals surface area (Å²) in [6.07, 6.45) is 3.36. The average Bonchev–Trinajstić information content (AvgIpc) is 2.52. The zero-order valence-electron chi connectivity index (χ0n) is 7.65. The van der Waals surface area contributed by atoms with Crippen LogP contribution in [0.5, 0.6) is 0 Å². The molecule has 0 N–H and O–H groups in total. The Kier molecular flexibility index (Phi) is 1.23. The second-order valence-corrected chi connectivity index (χ2v) is 4.11. The summed E-state index contributed by atoms with van der Waals surface area (Å²) < 4.78 is 0. The maximum absolute atomic E-state index is 11.5. The summed E-state index contributed by atoms with van der Waals surface area (Å²) in [5, 5.41) is 0. The Morgan fingerprint density at radius 3 is 1.86 bits per heavy atom. The minimum absolute atomic E-state index is 0.131. The van der Waals surface area contributed by atoms with Crippen molar-refractivity contribution in [3.05, 3.63) is 0 Å². The van der Waals surface area contributed by atoms with Crippen LogP contribution < -0.4 is 0 Å². The van der Waals surface area contributed by atoms with E-state index in [9.17, 15) is 14.4 Å². The van der Waals surface area contributed by atoms with Gasteiger partial charge in [-0.05, 0) is 25.7 Å². The molecule has 3 saturated heterocycles. The van der Waals surface area contributed by atoms with Gasteiger partial charge >= 0.3 is 6.03 Å². The Morgan fingerprint density at radius 2 is 1.43 bits per heavy atom. The smallest absolute Gasteiger partial charge is 0.274 e. The maximum atomic E-state index is 11.5. The Balaban J connectivity index is 2.06. The van der Waals surface area contributed by atoms with E-state index in [2.05, 4.69) is 0 Å². The summed E-state index contributed by atoms with van der Waals surface area (Å²) in [7, 11) is 0. The van der Waals surface area contributed by atoms with Crippen molar-refractivity contribution in [3.8, 4) is 0 Å². The summed E-state index contributed by atoms with van der Waals surface area (Å²) in [4.78, 5) is 37.0. The van der Waals surface area contributed by atoms with Crippen LogP contribution in [0.15, 0.2) is 0 Å². The first-order chi connectivity index (χ1) is 6.67. The van der Waals surface area contributed by atoms with Gasteiger partial charge < -0.3 is 0 Å². The number of imide groups is 2. The van der Waals surface area contributed by atoms with Crippen molar-refractivity contribution in [1.82, 2.24) is 9.80 Å². The van der Waals surface area contributed by atoms with Crippen LogP contribution in [0.2, 0.25) is 0 Å². The fraction of sp³-hybridized carbons (Fsp3) is 0.667. The van der Waals surface area contributed by atoms with E-state index in [1.54, 1.807) is 0 Å². The maximum Gasteiger partial charge on any atom is 0.337 e. The van der Waals surface area contributed by atoms with Gasteiger partial charge in [0.05, 0.1) is 0 Å². The molecule has 0 aromatic heterocycles. The Bertz CT molecular complexity index is 316. The quantitative estimate of drug-likeness (QED) is 0.526. The lowest BCUT2D eigenvalue weighted by Gasteiger charge is -2.59. The van der Waals surface area contributed by atoms with Crippen LogP contribution in [-0.2, 0) is 9.59 Å². The van der Waals surface area contributed by atoms with Crippen LogP contribution in [-0.4, -0.2) is 33.3 Å². The van der Waals surface area contributed by atoms with E-state index < -0.39 is 11.7 Å². The van der Waals surface area contributed by atoms with E-state index in [4.69, 9.17) is 0 Å². The highest BCUT2D eigenvalue weighted by Gasteiger charge is 2.67. The van der Waals surface area contributed by atoms with Gasteiger partial charge in [-0.1, -0.05) is 0 Å². The zero-order chi connectivity index (χ0) is 9.92. The first-order valence-electron chi connectivity index (χ1n) is 4.87. The summed E-state index contributed by atoms with van der Waals surface area (Å²) in [6, 6.07) is -0.409. The van der Waals surface area contributed by atoms with Crippen LogP contribution in [0.1, 0.15) is 32.1 Å². The molecule has 5 heteroatoms. The largest absolute Gasteiger partial charge is 0.337 e. The van der Waals surface area contributed by atoms with Gasteiger partial charge in [-0.25, -0.2) is 14.6 Å². The number of fused-ring (bicyclic) bond motifs is 2. The molecule has 4 amide bonds. The second-order valence-electron chi connectivity index (χ2n) is 4.11. The molecule has 3 aliphatic heterocycles. The molecule has 1 aliphatic carbocycles. The van der Waals surface area contributed by atoms with Crippen LogP contribution in [0.25, 0.3) is 0 Å². The first kappa shape index (κ1) is 7.96. The molecule has 0 atom stereocenters. The number of hydrogen-bond donors (Lipinski definition) is 0. The number of hydrogen-bond acceptors (Lipinski definition) is 3. The molecule has 1 spiro atoms. The number of nitrogens with zero attached hydrogens (tertiary/aromatic N) is 2. The predicted molar refractivity (Wildman–Crippen MR) is 44.9 cm³/mol. The van der Waals surface area contributed by atoms with Crippen LogP contribution in [0.3, 0.4) is 0 Å². The molecular weight excluding hydrogens is 184 g/mol. The third kappa shape index (κ3) is 0.625. The van der Waals surface area contributed by atoms with Gasteiger partial charge in [0.15, 0.2) is 0 Å². The fourth-order valence-corrected chi connectivity index (χ4v) is 2.86. The van der Waals surface area contributed by atoms with Crippen molar-refractivity contribution in [3.63, 3.8) is 0 Å². The third-order valence-electron chi connectivity index (χ3n) is 3.42. The molecular formula is C9H10N2O3. The van der Waals surface area contributed by atoms with Gasteiger partial charge in [0, 0.05) is 0 Å². The summed E-state index contributed by atoms with van der Waals surface area (Å²) in [5.41, 5.74) is -0.538. The highest BCUT2D eigenvalue weighted by atomic mass is 16.2. The molecule has 1 saturated carbocycles. The van der Waals surface area contributed by atoms with E-state index in [1.165, 1.54) is 9.80 Å². The van der Waals surface area contributed by atoms with Gasteiger partial charge in [0.1, 0.15) is 12.1 Å². The molecule has 4 rings (SSSR count). The summed E-state index contributed by atoms with van der Waals surface area (Å²) >= 11 is 0. The van der Waals surface area contributed by atoms with Gasteiger partial charge in [-0.2, -0.15) is 0 Å². The minimum Gasteiger partial charge on any atom is -0.274 e. The monoisotopic (exact) mass is 194 g/mol. The summed E-state index contributed by atoms with van der Waals surface area (Å²) in [5.74, 6) is -0.631. The van der Waals surface area contributed by atoms with Crippen molar-refractivity contribution in [2.45, 2.75) is 37.8 Å². The van der Waals surface area contributed by atoms with Crippen LogP contribution in [0.4, 0.5) is 4.79 Å². The number of carbonyl (C=O) groups excluding carboxylic acids is 3. The van der Waals surface area contributed by atoms with Gasteiger partial charge in [-0.15, -0.1) is 0 Å². The standard InChI is InChI=1S/C9H10N2O3/c12-6-5-7(13)11-8(14)10(6)9(11)3-1-2-4-9/h1-5H2. The first-order valence-corrected chi connectivity index (χ1v) is 4.87. The van der Waals surface area contributed by atoms with E-state index in [0.717, 1.165) is 25.7 Å². The lowest BCUT2D eigenvalue weighted by Crippen LogP contribution is -2.82. The summed E-state index contributed by atoms with van der Waals surface area (Å²) in [6.45, 7) is 0. The molecule has 0 aromatic rings. The minimum atomic E-state index is -0.538. The Labute approximate surface area is 80.6 Å². The number of urea groups is 1. The second kappa shape index (κ2) is 2.16. The fourth-order valence-electron chi connectivity index (χ4n) is 2.86. The molecule has 0 radical (unpaired) electrons. The molecule has 2 bridgehead atoms. The van der Waals surface area contributed by atoms with Crippen molar-refractivity contribution in [2.75, 3.05) is 0 Å². The van der Waals surface area contributed by atoms with E-state index >= 15 is 0 Å². The molecule has 5 nitrogen and oxygen atoms in total. The van der Waals surface area contributed by atoms with Crippen LogP contribution in [0, 0.1) is 0 Å². The van der Waals surface area contributed by atoms with Gasteiger partial charge in [0.2, 0.25) is 11.8 Å². The van der Waals surface area contributed by atoms with Crippen molar-refractivity contribution >= 4 is 17.8 Å². The van der Waals surface area contributed by atoms with Gasteiger partial charge in [-0.3, -0.25) is 9.59 Å². The highest BCUT2D eigenvalue weighted by molar-refractivity contribution is 6.19. The third-order valence-corrected chi connectivity index (χ3v) is 3.42.